The van der Waals surface area contributed by atoms with Gasteiger partial charge in [-0.2, -0.15) is 0 Å². The van der Waals surface area contributed by atoms with Crippen LogP contribution in [0.25, 0.3) is 10.8 Å². The Labute approximate surface area is 183 Å². The molecule has 0 aromatic heterocycles. The normalized spacial score (nSPS) is 10.1. The molecule has 4 N–H and O–H groups in total. The van der Waals surface area contributed by atoms with Gasteiger partial charge in [-0.25, -0.2) is 0 Å². The zero-order chi connectivity index (χ0) is 22.2. The molecule has 0 aliphatic carbocycles. The third kappa shape index (κ3) is 6.25. The number of hydrogen-bond donors (Lipinski definition) is 4. The fraction of sp³-hybridized carbons (Fsp3) is 0.0909. The predicted octanol–water partition coefficient (Wildman–Crippen LogP) is 2.51. The average Bonchev–Trinajstić information content (AvgIpc) is 2.76. The molecule has 31 heavy (non-hydrogen) atoms. The van der Waals surface area contributed by atoms with E-state index in [0.29, 0.717) is 17.0 Å². The molecule has 0 unspecified atom stereocenters. The third-order valence-electron chi connectivity index (χ3n) is 4.12. The maximum absolute atomic E-state index is 12.1. The van der Waals surface area contributed by atoms with Gasteiger partial charge in [0.2, 0.25) is 5.91 Å². The van der Waals surface area contributed by atoms with Crippen molar-refractivity contribution in [3.8, 4) is 5.75 Å². The molecule has 0 saturated carbocycles. The lowest BCUT2D eigenvalue weighted by molar-refractivity contribution is -0.121. The van der Waals surface area contributed by atoms with Crippen LogP contribution in [-0.4, -0.2) is 29.4 Å². The van der Waals surface area contributed by atoms with Crippen LogP contribution < -0.4 is 26.2 Å². The van der Waals surface area contributed by atoms with Crippen molar-refractivity contribution < 1.29 is 19.1 Å². The van der Waals surface area contributed by atoms with E-state index in [4.69, 9.17) is 17.0 Å². The largest absolute Gasteiger partial charge is 0.483 e. The number of hydrogen-bond acceptors (Lipinski definition) is 5. The van der Waals surface area contributed by atoms with E-state index in [1.807, 2.05) is 36.4 Å². The Balaban J connectivity index is 1.45. The lowest BCUT2D eigenvalue weighted by Crippen LogP contribution is -2.49. The van der Waals surface area contributed by atoms with Crippen LogP contribution in [0.2, 0.25) is 0 Å². The highest BCUT2D eigenvalue weighted by Crippen LogP contribution is 2.24. The summed E-state index contributed by atoms with van der Waals surface area (Å²) in [6.45, 7) is 1.15. The number of carbonyl (C=O) groups is 3. The summed E-state index contributed by atoms with van der Waals surface area (Å²) in [6, 6.07) is 19.6. The number of nitrogens with one attached hydrogen (secondary N) is 4. The molecule has 3 aromatic rings. The Morgan fingerprint density at radius 2 is 1.61 bits per heavy atom. The summed E-state index contributed by atoms with van der Waals surface area (Å²) >= 11 is 5.01. The van der Waals surface area contributed by atoms with Crippen LogP contribution in [0.3, 0.4) is 0 Å². The Kier molecular flexibility index (Phi) is 7.13. The Morgan fingerprint density at radius 3 is 2.35 bits per heavy atom. The van der Waals surface area contributed by atoms with Crippen molar-refractivity contribution in [2.75, 3.05) is 11.9 Å². The van der Waals surface area contributed by atoms with Crippen LogP contribution in [0.5, 0.6) is 5.75 Å². The maximum Gasteiger partial charge on any atom is 0.269 e. The van der Waals surface area contributed by atoms with Crippen molar-refractivity contribution in [1.29, 1.82) is 0 Å². The first-order valence-electron chi connectivity index (χ1n) is 9.31. The molecule has 0 aliphatic heterocycles. The average molecular weight is 436 g/mol. The zero-order valence-electron chi connectivity index (χ0n) is 16.6. The minimum absolute atomic E-state index is 0.0743. The van der Waals surface area contributed by atoms with Crippen LogP contribution >= 0.6 is 12.2 Å². The minimum Gasteiger partial charge on any atom is -0.483 e. The number of ether oxygens (including phenoxy) is 1. The molecule has 0 saturated heterocycles. The molecule has 0 aliphatic rings. The summed E-state index contributed by atoms with van der Waals surface area (Å²) in [5, 5.41) is 6.87. The number of benzene rings is 3. The standard InChI is InChI=1S/C22H20N4O4S/c1-14(27)23-17-11-9-16(10-12-17)21(29)25-26-22(31)24-20(28)13-30-19-8-4-6-15-5-2-3-7-18(15)19/h2-12H,13H2,1H3,(H,23,27)(H,25,29)(H2,24,26,28,31). The fourth-order valence-electron chi connectivity index (χ4n) is 2.75. The number of amides is 3. The van der Waals surface area contributed by atoms with Crippen LogP contribution in [0.4, 0.5) is 5.69 Å². The second-order valence-corrected chi connectivity index (χ2v) is 6.89. The predicted molar refractivity (Wildman–Crippen MR) is 122 cm³/mol. The zero-order valence-corrected chi connectivity index (χ0v) is 17.4. The van der Waals surface area contributed by atoms with E-state index in [2.05, 4.69) is 21.5 Å². The number of rotatable bonds is 5. The molecule has 0 radical (unpaired) electrons. The van der Waals surface area contributed by atoms with E-state index in [1.54, 1.807) is 30.3 Å². The molecule has 3 amide bonds. The van der Waals surface area contributed by atoms with Gasteiger partial charge < -0.3 is 10.1 Å². The molecule has 9 heteroatoms. The molecular weight excluding hydrogens is 416 g/mol. The van der Waals surface area contributed by atoms with E-state index in [-0.39, 0.29) is 17.6 Å². The van der Waals surface area contributed by atoms with Crippen molar-refractivity contribution in [3.63, 3.8) is 0 Å². The van der Waals surface area contributed by atoms with Gasteiger partial charge in [0.1, 0.15) is 5.75 Å². The lowest BCUT2D eigenvalue weighted by Gasteiger charge is -2.12. The van der Waals surface area contributed by atoms with Gasteiger partial charge in [-0.1, -0.05) is 36.4 Å². The Hall–Kier alpha value is -3.98. The molecule has 0 atom stereocenters. The van der Waals surface area contributed by atoms with E-state index in [1.165, 1.54) is 6.92 Å². The van der Waals surface area contributed by atoms with Crippen LogP contribution in [0.15, 0.2) is 66.7 Å². The van der Waals surface area contributed by atoms with Gasteiger partial charge in [-0.3, -0.25) is 30.6 Å². The smallest absolute Gasteiger partial charge is 0.269 e. The summed E-state index contributed by atoms with van der Waals surface area (Å²) in [7, 11) is 0. The number of carbonyl (C=O) groups excluding carboxylic acids is 3. The van der Waals surface area contributed by atoms with Crippen LogP contribution in [0, 0.1) is 0 Å². The Morgan fingerprint density at radius 1 is 0.903 bits per heavy atom. The highest BCUT2D eigenvalue weighted by molar-refractivity contribution is 7.80. The van der Waals surface area contributed by atoms with Crippen molar-refractivity contribution >= 4 is 51.5 Å². The first-order chi connectivity index (χ1) is 14.9. The topological polar surface area (TPSA) is 109 Å². The fourth-order valence-corrected chi connectivity index (χ4v) is 2.92. The summed E-state index contributed by atoms with van der Waals surface area (Å²) in [6.07, 6.45) is 0. The maximum atomic E-state index is 12.1. The first kappa shape index (κ1) is 21.7. The highest BCUT2D eigenvalue weighted by atomic mass is 32.1. The molecule has 8 nitrogen and oxygen atoms in total. The van der Waals surface area contributed by atoms with E-state index in [9.17, 15) is 14.4 Å². The van der Waals surface area contributed by atoms with Gasteiger partial charge in [0, 0.05) is 23.6 Å². The quantitative estimate of drug-likeness (QED) is 0.362. The lowest BCUT2D eigenvalue weighted by atomic mass is 10.1. The van der Waals surface area contributed by atoms with E-state index in [0.717, 1.165) is 10.8 Å². The molecule has 0 heterocycles. The molecule has 158 valence electrons. The number of hydrazine groups is 1. The first-order valence-corrected chi connectivity index (χ1v) is 9.71. The third-order valence-corrected chi connectivity index (χ3v) is 4.32. The highest BCUT2D eigenvalue weighted by Gasteiger charge is 2.10. The second-order valence-electron chi connectivity index (χ2n) is 6.48. The monoisotopic (exact) mass is 436 g/mol. The minimum atomic E-state index is -0.473. The van der Waals surface area contributed by atoms with Gasteiger partial charge in [-0.05, 0) is 47.9 Å². The SMILES string of the molecule is CC(=O)Nc1ccc(C(=O)NNC(=S)NC(=O)COc2cccc3ccccc23)cc1. The van der Waals surface area contributed by atoms with Gasteiger partial charge >= 0.3 is 0 Å². The van der Waals surface area contributed by atoms with Crippen molar-refractivity contribution in [2.45, 2.75) is 6.92 Å². The second kappa shape index (κ2) is 10.2. The molecule has 3 aromatic carbocycles. The number of anilines is 1. The summed E-state index contributed by atoms with van der Waals surface area (Å²) in [4.78, 5) is 35.3. The van der Waals surface area contributed by atoms with Crippen molar-refractivity contribution in [3.05, 3.63) is 72.3 Å². The van der Waals surface area contributed by atoms with Crippen molar-refractivity contribution in [2.24, 2.45) is 0 Å². The Bertz CT molecular complexity index is 1130. The summed E-state index contributed by atoms with van der Waals surface area (Å²) in [5.41, 5.74) is 5.77. The van der Waals surface area contributed by atoms with Gasteiger partial charge in [-0.15, -0.1) is 0 Å². The van der Waals surface area contributed by atoms with E-state index >= 15 is 0 Å². The molecule has 0 fully saturated rings. The number of thiocarbonyl (C=S) groups is 1. The van der Waals surface area contributed by atoms with Gasteiger partial charge in [0.15, 0.2) is 11.7 Å². The van der Waals surface area contributed by atoms with E-state index < -0.39 is 11.8 Å². The number of fused-ring (bicyclic) bond motifs is 1. The van der Waals surface area contributed by atoms with Crippen molar-refractivity contribution in [1.82, 2.24) is 16.2 Å². The molecule has 3 rings (SSSR count). The van der Waals surface area contributed by atoms with Gasteiger partial charge in [0.05, 0.1) is 0 Å². The molecule has 0 spiro atoms. The molecule has 0 bridgehead atoms. The summed E-state index contributed by atoms with van der Waals surface area (Å²) < 4.78 is 5.60. The summed E-state index contributed by atoms with van der Waals surface area (Å²) in [5.74, 6) is -0.551. The van der Waals surface area contributed by atoms with Crippen LogP contribution in [0.1, 0.15) is 17.3 Å². The van der Waals surface area contributed by atoms with Gasteiger partial charge in [0.25, 0.3) is 11.8 Å². The van der Waals surface area contributed by atoms with Crippen LogP contribution in [-0.2, 0) is 9.59 Å². The molecular formula is C22H20N4O4S.